The van der Waals surface area contributed by atoms with Gasteiger partial charge in [-0.1, -0.05) is 51.8 Å². The summed E-state index contributed by atoms with van der Waals surface area (Å²) in [7, 11) is 0. The summed E-state index contributed by atoms with van der Waals surface area (Å²) in [5.41, 5.74) is 1.73. The third-order valence-electron chi connectivity index (χ3n) is 4.49. The molecule has 0 aromatic heterocycles. The molecule has 160 valence electrons. The topological polar surface area (TPSA) is 91.0 Å². The van der Waals surface area contributed by atoms with Crippen molar-refractivity contribution >= 4 is 51.2 Å². The molecule has 0 N–H and O–H groups in total. The number of cyclic esters (lactones) is 1. The summed E-state index contributed by atoms with van der Waals surface area (Å²) >= 11 is 9.52. The fourth-order valence-electron chi connectivity index (χ4n) is 2.91. The fourth-order valence-corrected chi connectivity index (χ4v) is 3.38. The van der Waals surface area contributed by atoms with E-state index in [1.807, 2.05) is 30.3 Å². The van der Waals surface area contributed by atoms with E-state index < -0.39 is 10.9 Å². The minimum atomic E-state index is -0.677. The van der Waals surface area contributed by atoms with Gasteiger partial charge >= 0.3 is 5.97 Å². The number of halogens is 2. The Morgan fingerprint density at radius 3 is 2.66 bits per heavy atom. The smallest absolute Gasteiger partial charge is 0.363 e. The number of hydrogen-bond acceptors (Lipinski definition) is 6. The van der Waals surface area contributed by atoms with E-state index in [9.17, 15) is 14.9 Å². The van der Waals surface area contributed by atoms with Gasteiger partial charge in [-0.2, -0.15) is 0 Å². The Balaban J connectivity index is 1.55. The van der Waals surface area contributed by atoms with Gasteiger partial charge in [0, 0.05) is 16.6 Å². The highest BCUT2D eigenvalue weighted by Gasteiger charge is 2.27. The molecule has 3 aromatic carbocycles. The largest absolute Gasteiger partial charge is 0.489 e. The summed E-state index contributed by atoms with van der Waals surface area (Å²) in [6, 6.07) is 18.8. The molecule has 1 aliphatic heterocycles. The first-order valence-corrected chi connectivity index (χ1v) is 10.5. The van der Waals surface area contributed by atoms with Gasteiger partial charge in [-0.3, -0.25) is 10.1 Å². The van der Waals surface area contributed by atoms with E-state index in [1.54, 1.807) is 24.3 Å². The maximum Gasteiger partial charge on any atom is 0.363 e. The molecule has 0 radical (unpaired) electrons. The quantitative estimate of drug-likeness (QED) is 0.176. The van der Waals surface area contributed by atoms with Crippen LogP contribution in [0, 0.1) is 10.1 Å². The molecule has 3 aromatic rings. The number of non-ortho nitro benzene ring substituents is 1. The molecule has 0 saturated carbocycles. The average Bonchev–Trinajstić information content (AvgIpc) is 3.13. The number of benzene rings is 3. The first kappa shape index (κ1) is 21.7. The van der Waals surface area contributed by atoms with E-state index in [2.05, 4.69) is 20.9 Å². The molecule has 0 fully saturated rings. The van der Waals surface area contributed by atoms with Crippen molar-refractivity contribution in [2.24, 2.45) is 4.99 Å². The molecule has 1 aliphatic rings. The van der Waals surface area contributed by atoms with Crippen LogP contribution in [0.1, 0.15) is 16.7 Å². The number of nitro benzene ring substituents is 1. The van der Waals surface area contributed by atoms with Crippen LogP contribution in [0.3, 0.4) is 0 Å². The van der Waals surface area contributed by atoms with Crippen LogP contribution in [0.25, 0.3) is 6.08 Å². The molecule has 4 rings (SSSR count). The Kier molecular flexibility index (Phi) is 6.34. The lowest BCUT2D eigenvalue weighted by Crippen LogP contribution is -2.06. The summed E-state index contributed by atoms with van der Waals surface area (Å²) in [4.78, 5) is 26.9. The van der Waals surface area contributed by atoms with Crippen LogP contribution in [0.15, 0.2) is 81.9 Å². The summed E-state index contributed by atoms with van der Waals surface area (Å²) < 4.78 is 12.0. The molecule has 1 heterocycles. The van der Waals surface area contributed by atoms with Crippen LogP contribution in [-0.4, -0.2) is 16.8 Å². The standard InChI is InChI=1S/C23H14BrClN2O5/c24-16-6-4-14(5-7-16)13-31-18-3-1-2-15(10-18)11-21-23(28)32-22(26-21)19-12-17(27(29)30)8-9-20(19)25/h1-12H,13H2/b21-11-. The zero-order valence-corrected chi connectivity index (χ0v) is 18.7. The van der Waals surface area contributed by atoms with Gasteiger partial charge in [0.1, 0.15) is 12.4 Å². The van der Waals surface area contributed by atoms with Crippen molar-refractivity contribution in [1.82, 2.24) is 0 Å². The Labute approximate surface area is 196 Å². The number of hydrogen-bond donors (Lipinski definition) is 0. The third-order valence-corrected chi connectivity index (χ3v) is 5.35. The second kappa shape index (κ2) is 9.33. The molecule has 7 nitrogen and oxygen atoms in total. The molecular formula is C23H14BrClN2O5. The predicted octanol–water partition coefficient (Wildman–Crippen LogP) is 5.93. The molecule has 0 amide bonds. The first-order valence-electron chi connectivity index (χ1n) is 9.33. The number of nitro groups is 1. The van der Waals surface area contributed by atoms with Crippen molar-refractivity contribution in [2.75, 3.05) is 0 Å². The summed E-state index contributed by atoms with van der Waals surface area (Å²) in [6.07, 6.45) is 1.55. The minimum absolute atomic E-state index is 0.0487. The van der Waals surface area contributed by atoms with Gasteiger partial charge in [0.15, 0.2) is 5.70 Å². The maximum absolute atomic E-state index is 12.3. The molecule has 0 bridgehead atoms. The lowest BCUT2D eigenvalue weighted by molar-refractivity contribution is -0.384. The molecule has 9 heteroatoms. The highest BCUT2D eigenvalue weighted by Crippen LogP contribution is 2.27. The molecule has 0 spiro atoms. The van der Waals surface area contributed by atoms with Crippen LogP contribution in [0.4, 0.5) is 5.69 Å². The Hall–Kier alpha value is -3.49. The van der Waals surface area contributed by atoms with Crippen molar-refractivity contribution < 1.29 is 19.2 Å². The van der Waals surface area contributed by atoms with Crippen molar-refractivity contribution in [3.05, 3.63) is 109 Å². The molecule has 0 atom stereocenters. The van der Waals surface area contributed by atoms with E-state index in [0.717, 1.165) is 10.0 Å². The van der Waals surface area contributed by atoms with Crippen molar-refractivity contribution in [2.45, 2.75) is 6.61 Å². The minimum Gasteiger partial charge on any atom is -0.489 e. The molecule has 32 heavy (non-hydrogen) atoms. The summed E-state index contributed by atoms with van der Waals surface area (Å²) in [5, 5.41) is 11.2. The molecule has 0 aliphatic carbocycles. The zero-order chi connectivity index (χ0) is 22.7. The van der Waals surface area contributed by atoms with Crippen LogP contribution < -0.4 is 4.74 Å². The number of esters is 1. The van der Waals surface area contributed by atoms with Crippen LogP contribution in [0.2, 0.25) is 5.02 Å². The molecule has 0 unspecified atom stereocenters. The molecule has 0 saturated heterocycles. The van der Waals surface area contributed by atoms with Crippen LogP contribution in [-0.2, 0) is 16.1 Å². The SMILES string of the molecule is O=C1OC(c2cc([N+](=O)[O-])ccc2Cl)=N/C1=C\c1cccc(OCc2ccc(Br)cc2)c1. The maximum atomic E-state index is 12.3. The predicted molar refractivity (Wildman–Crippen MR) is 124 cm³/mol. The summed E-state index contributed by atoms with van der Waals surface area (Å²) in [5.74, 6) is -0.138. The zero-order valence-electron chi connectivity index (χ0n) is 16.3. The number of ether oxygens (including phenoxy) is 2. The van der Waals surface area contributed by atoms with Gasteiger partial charge in [-0.05, 0) is 47.5 Å². The highest BCUT2D eigenvalue weighted by molar-refractivity contribution is 9.10. The van der Waals surface area contributed by atoms with Crippen molar-refractivity contribution in [3.63, 3.8) is 0 Å². The number of aliphatic imine (C=N–C) groups is 1. The Bertz CT molecular complexity index is 1270. The normalized spacial score (nSPS) is 14.2. The Morgan fingerprint density at radius 1 is 1.12 bits per heavy atom. The van der Waals surface area contributed by atoms with Gasteiger partial charge in [-0.25, -0.2) is 9.79 Å². The van der Waals surface area contributed by atoms with Gasteiger partial charge in [0.05, 0.1) is 15.5 Å². The Morgan fingerprint density at radius 2 is 1.91 bits per heavy atom. The van der Waals surface area contributed by atoms with Crippen LogP contribution in [0.5, 0.6) is 5.75 Å². The van der Waals surface area contributed by atoms with Crippen LogP contribution >= 0.6 is 27.5 Å². The van der Waals surface area contributed by atoms with Gasteiger partial charge < -0.3 is 9.47 Å². The second-order valence-electron chi connectivity index (χ2n) is 6.74. The lowest BCUT2D eigenvalue weighted by Gasteiger charge is -2.07. The number of nitrogens with zero attached hydrogens (tertiary/aromatic N) is 2. The highest BCUT2D eigenvalue weighted by atomic mass is 79.9. The number of rotatable bonds is 6. The van der Waals surface area contributed by atoms with E-state index in [4.69, 9.17) is 21.1 Å². The van der Waals surface area contributed by atoms with E-state index in [1.165, 1.54) is 18.2 Å². The van der Waals surface area contributed by atoms with E-state index >= 15 is 0 Å². The van der Waals surface area contributed by atoms with Crippen molar-refractivity contribution in [3.8, 4) is 5.75 Å². The second-order valence-corrected chi connectivity index (χ2v) is 8.07. The van der Waals surface area contributed by atoms with Crippen molar-refractivity contribution in [1.29, 1.82) is 0 Å². The fraction of sp³-hybridized carbons (Fsp3) is 0.0435. The number of carbonyl (C=O) groups is 1. The first-order chi connectivity index (χ1) is 15.4. The van der Waals surface area contributed by atoms with Gasteiger partial charge in [0.2, 0.25) is 5.90 Å². The number of carbonyl (C=O) groups excluding carboxylic acids is 1. The average molecular weight is 514 g/mol. The monoisotopic (exact) mass is 512 g/mol. The van der Waals surface area contributed by atoms with Gasteiger partial charge in [0.25, 0.3) is 5.69 Å². The third kappa shape index (κ3) is 5.04. The van der Waals surface area contributed by atoms with Gasteiger partial charge in [-0.15, -0.1) is 0 Å². The lowest BCUT2D eigenvalue weighted by atomic mass is 10.2. The van der Waals surface area contributed by atoms with E-state index in [0.29, 0.717) is 17.9 Å². The van der Waals surface area contributed by atoms with E-state index in [-0.39, 0.29) is 27.9 Å². The molecular weight excluding hydrogens is 500 g/mol. The summed E-state index contributed by atoms with van der Waals surface area (Å²) in [6.45, 7) is 0.392.